The van der Waals surface area contributed by atoms with Crippen molar-refractivity contribution in [2.24, 2.45) is 0 Å². The largest absolute Gasteiger partial charge is 0.383 e. The van der Waals surface area contributed by atoms with Crippen LogP contribution in [-0.4, -0.2) is 25.2 Å². The van der Waals surface area contributed by atoms with E-state index < -0.39 is 0 Å². The van der Waals surface area contributed by atoms with Gasteiger partial charge in [-0.05, 0) is 19.5 Å². The number of anilines is 1. The molecule has 2 atom stereocenters. The molecule has 17 heavy (non-hydrogen) atoms. The number of pyridine rings is 1. The minimum Gasteiger partial charge on any atom is -0.383 e. The first-order valence-corrected chi connectivity index (χ1v) is 6.12. The minimum absolute atomic E-state index is 0.00569. The highest BCUT2D eigenvalue weighted by Crippen LogP contribution is 2.27. The number of nitrogens with one attached hydrogen (secondary N) is 1. The first kappa shape index (κ1) is 14.2. The number of nitrogens with zero attached hydrogens (tertiary/aromatic N) is 1. The van der Waals surface area contributed by atoms with Crippen molar-refractivity contribution in [3.63, 3.8) is 0 Å². The first-order chi connectivity index (χ1) is 8.13. The fourth-order valence-electron chi connectivity index (χ4n) is 1.96. The number of methoxy groups -OCH3 is 1. The number of hydrogen-bond donors (Lipinski definition) is 2. The molecule has 0 aliphatic rings. The highest BCUT2D eigenvalue weighted by atomic mass is 35.5. The fraction of sp³-hybridized carbons (Fsp3) is 0.583. The molecule has 96 valence electrons. The maximum atomic E-state index is 5.96. The Morgan fingerprint density at radius 3 is 2.82 bits per heavy atom. The lowest BCUT2D eigenvalue weighted by atomic mass is 9.99. The Bertz CT molecular complexity index is 360. The molecule has 0 radical (unpaired) electrons. The van der Waals surface area contributed by atoms with E-state index in [4.69, 9.17) is 22.1 Å². The molecule has 1 aromatic rings. The zero-order valence-electron chi connectivity index (χ0n) is 10.5. The molecule has 4 nitrogen and oxygen atoms in total. The third kappa shape index (κ3) is 3.56. The molecule has 0 spiro atoms. The Labute approximate surface area is 108 Å². The van der Waals surface area contributed by atoms with Gasteiger partial charge >= 0.3 is 0 Å². The monoisotopic (exact) mass is 257 g/mol. The number of hydrogen-bond acceptors (Lipinski definition) is 4. The van der Waals surface area contributed by atoms with Crippen LogP contribution in [0.5, 0.6) is 0 Å². The van der Waals surface area contributed by atoms with Crippen molar-refractivity contribution in [2.45, 2.75) is 31.9 Å². The van der Waals surface area contributed by atoms with Crippen LogP contribution < -0.4 is 11.1 Å². The molecule has 0 aromatic carbocycles. The van der Waals surface area contributed by atoms with Gasteiger partial charge in [0.2, 0.25) is 0 Å². The summed E-state index contributed by atoms with van der Waals surface area (Å²) in [5.74, 6) is 0.493. The lowest BCUT2D eigenvalue weighted by Gasteiger charge is -2.26. The van der Waals surface area contributed by atoms with Gasteiger partial charge in [0.15, 0.2) is 0 Å². The summed E-state index contributed by atoms with van der Waals surface area (Å²) in [6, 6.07) is 1.85. The van der Waals surface area contributed by atoms with Gasteiger partial charge in [-0.15, -0.1) is 0 Å². The maximum Gasteiger partial charge on any atom is 0.128 e. The van der Waals surface area contributed by atoms with Gasteiger partial charge in [-0.3, -0.25) is 0 Å². The van der Waals surface area contributed by atoms with Gasteiger partial charge in [0.25, 0.3) is 0 Å². The number of nitrogen functional groups attached to an aromatic ring is 1. The van der Waals surface area contributed by atoms with Crippen LogP contribution in [0.2, 0.25) is 5.02 Å². The summed E-state index contributed by atoms with van der Waals surface area (Å²) in [6.45, 7) is 2.12. The molecule has 0 amide bonds. The molecule has 5 heteroatoms. The van der Waals surface area contributed by atoms with Crippen molar-refractivity contribution < 1.29 is 4.74 Å². The molecule has 0 aliphatic carbocycles. The Morgan fingerprint density at radius 2 is 2.29 bits per heavy atom. The number of halogens is 1. The smallest absolute Gasteiger partial charge is 0.128 e. The summed E-state index contributed by atoms with van der Waals surface area (Å²) in [7, 11) is 3.59. The predicted molar refractivity (Wildman–Crippen MR) is 71.2 cm³/mol. The summed E-state index contributed by atoms with van der Waals surface area (Å²) in [5.41, 5.74) is 6.78. The Hall–Kier alpha value is -0.840. The molecular weight excluding hydrogens is 238 g/mol. The van der Waals surface area contributed by atoms with Gasteiger partial charge in [-0.2, -0.15) is 0 Å². The van der Waals surface area contributed by atoms with E-state index in [0.717, 1.165) is 18.4 Å². The minimum atomic E-state index is 0.00569. The molecule has 0 bridgehead atoms. The fourth-order valence-corrected chi connectivity index (χ4v) is 2.13. The summed E-state index contributed by atoms with van der Waals surface area (Å²) < 4.78 is 5.50. The first-order valence-electron chi connectivity index (χ1n) is 5.75. The summed E-state index contributed by atoms with van der Waals surface area (Å²) in [6.07, 6.45) is 3.61. The van der Waals surface area contributed by atoms with Crippen molar-refractivity contribution in [1.29, 1.82) is 0 Å². The summed E-state index contributed by atoms with van der Waals surface area (Å²) >= 11 is 5.96. The molecule has 0 saturated carbocycles. The molecule has 0 fully saturated rings. The number of aromatic nitrogens is 1. The van der Waals surface area contributed by atoms with E-state index in [1.807, 2.05) is 13.1 Å². The van der Waals surface area contributed by atoms with Gasteiger partial charge in [0.05, 0.1) is 17.2 Å². The zero-order chi connectivity index (χ0) is 12.8. The summed E-state index contributed by atoms with van der Waals surface area (Å²) in [4.78, 5) is 4.07. The zero-order valence-corrected chi connectivity index (χ0v) is 11.3. The van der Waals surface area contributed by atoms with Crippen LogP contribution in [0.15, 0.2) is 12.3 Å². The van der Waals surface area contributed by atoms with Crippen molar-refractivity contribution in [2.75, 3.05) is 19.9 Å². The molecule has 1 aromatic heterocycles. The van der Waals surface area contributed by atoms with Gasteiger partial charge < -0.3 is 15.8 Å². The molecule has 2 unspecified atom stereocenters. The van der Waals surface area contributed by atoms with Crippen LogP contribution in [0.4, 0.5) is 5.82 Å². The van der Waals surface area contributed by atoms with Crippen LogP contribution in [0, 0.1) is 0 Å². The topological polar surface area (TPSA) is 60.2 Å². The van der Waals surface area contributed by atoms with E-state index in [-0.39, 0.29) is 12.1 Å². The highest BCUT2D eigenvalue weighted by molar-refractivity contribution is 6.30. The van der Waals surface area contributed by atoms with Crippen molar-refractivity contribution >= 4 is 17.4 Å². The number of rotatable bonds is 6. The average Bonchev–Trinajstić information content (AvgIpc) is 2.33. The molecule has 1 heterocycles. The predicted octanol–water partition coefficient (Wildman–Crippen LogP) is 2.39. The van der Waals surface area contributed by atoms with E-state index in [0.29, 0.717) is 10.8 Å². The highest BCUT2D eigenvalue weighted by Gasteiger charge is 2.23. The normalized spacial score (nSPS) is 14.6. The quantitative estimate of drug-likeness (QED) is 0.822. The third-order valence-electron chi connectivity index (χ3n) is 2.81. The number of nitrogens with two attached hydrogens (primary N) is 1. The SMILES string of the molecule is CCCC(OC)C(NC)c1cc(Cl)cnc1N. The van der Waals surface area contributed by atoms with E-state index in [1.54, 1.807) is 13.3 Å². The standard InChI is InChI=1S/C12H20ClN3O/c1-4-5-10(17-3)11(15-2)9-6-8(13)7-16-12(9)14/h6-7,10-11,15H,4-5H2,1-3H3,(H2,14,16). The number of ether oxygens (including phenoxy) is 1. The molecule has 1 rings (SSSR count). The maximum absolute atomic E-state index is 5.96. The van der Waals surface area contributed by atoms with E-state index in [2.05, 4.69) is 17.2 Å². The summed E-state index contributed by atoms with van der Waals surface area (Å²) in [5, 5.41) is 3.80. The Morgan fingerprint density at radius 1 is 1.59 bits per heavy atom. The average molecular weight is 258 g/mol. The van der Waals surface area contributed by atoms with Gasteiger partial charge in [-0.25, -0.2) is 4.98 Å². The van der Waals surface area contributed by atoms with Gasteiger partial charge in [0.1, 0.15) is 5.82 Å². The van der Waals surface area contributed by atoms with Crippen LogP contribution in [0.3, 0.4) is 0 Å². The molecule has 0 saturated heterocycles. The second kappa shape index (κ2) is 6.79. The van der Waals surface area contributed by atoms with Crippen LogP contribution in [-0.2, 0) is 4.74 Å². The van der Waals surface area contributed by atoms with Crippen LogP contribution in [0.1, 0.15) is 31.4 Å². The van der Waals surface area contributed by atoms with E-state index >= 15 is 0 Å². The molecular formula is C12H20ClN3O. The van der Waals surface area contributed by atoms with Crippen LogP contribution in [0.25, 0.3) is 0 Å². The van der Waals surface area contributed by atoms with Gasteiger partial charge in [0, 0.05) is 18.9 Å². The van der Waals surface area contributed by atoms with E-state index in [9.17, 15) is 0 Å². The van der Waals surface area contributed by atoms with Gasteiger partial charge in [-0.1, -0.05) is 24.9 Å². The van der Waals surface area contributed by atoms with Crippen molar-refractivity contribution in [3.05, 3.63) is 22.8 Å². The van der Waals surface area contributed by atoms with E-state index in [1.165, 1.54) is 0 Å². The second-order valence-electron chi connectivity index (χ2n) is 3.96. The third-order valence-corrected chi connectivity index (χ3v) is 3.02. The second-order valence-corrected chi connectivity index (χ2v) is 4.39. The van der Waals surface area contributed by atoms with Crippen LogP contribution >= 0.6 is 11.6 Å². The molecule has 0 aliphatic heterocycles. The lowest BCUT2D eigenvalue weighted by molar-refractivity contribution is 0.0631. The molecule has 3 N–H and O–H groups in total. The Kier molecular flexibility index (Phi) is 5.68. The van der Waals surface area contributed by atoms with Crippen molar-refractivity contribution in [1.82, 2.24) is 10.3 Å². The number of likely N-dealkylation sites (N-methyl/N-ethyl adjacent to an activating group) is 1. The lowest BCUT2D eigenvalue weighted by Crippen LogP contribution is -2.31. The Balaban J connectivity index is 3.02. The van der Waals surface area contributed by atoms with Crippen molar-refractivity contribution in [3.8, 4) is 0 Å².